The standard InChI is InChI=1S/C19H20ClNO4/c1-2-16(24-14-9-7-13(20)8-10-14)19(22)21-11-15-12-23-17-5-3-4-6-18(17)25-15/h3-10,15-16H,2,11-12H2,1H3,(H,21,22)/t15-,16-/m1/s1. The predicted molar refractivity (Wildman–Crippen MR) is 95.5 cm³/mol. The fraction of sp³-hybridized carbons (Fsp3) is 0.316. The van der Waals surface area contributed by atoms with Gasteiger partial charge >= 0.3 is 0 Å². The number of rotatable bonds is 6. The van der Waals surface area contributed by atoms with E-state index in [4.69, 9.17) is 25.8 Å². The molecule has 6 heteroatoms. The average Bonchev–Trinajstić information content (AvgIpc) is 2.65. The average molecular weight is 362 g/mol. The first-order valence-corrected chi connectivity index (χ1v) is 8.62. The van der Waals surface area contributed by atoms with Gasteiger partial charge in [0.1, 0.15) is 18.5 Å². The number of ether oxygens (including phenoxy) is 3. The van der Waals surface area contributed by atoms with Crippen LogP contribution in [0.25, 0.3) is 0 Å². The lowest BCUT2D eigenvalue weighted by Crippen LogP contribution is -2.45. The van der Waals surface area contributed by atoms with Gasteiger partial charge in [-0.05, 0) is 42.8 Å². The Morgan fingerprint density at radius 3 is 2.68 bits per heavy atom. The van der Waals surface area contributed by atoms with Crippen molar-refractivity contribution >= 4 is 17.5 Å². The van der Waals surface area contributed by atoms with Crippen LogP contribution in [0, 0.1) is 0 Å². The monoisotopic (exact) mass is 361 g/mol. The van der Waals surface area contributed by atoms with Gasteiger partial charge in [-0.3, -0.25) is 4.79 Å². The van der Waals surface area contributed by atoms with Crippen LogP contribution in [0.1, 0.15) is 13.3 Å². The zero-order valence-electron chi connectivity index (χ0n) is 13.9. The van der Waals surface area contributed by atoms with E-state index in [2.05, 4.69) is 5.32 Å². The highest BCUT2D eigenvalue weighted by atomic mass is 35.5. The summed E-state index contributed by atoms with van der Waals surface area (Å²) in [4.78, 5) is 12.4. The molecule has 0 bridgehead atoms. The molecule has 25 heavy (non-hydrogen) atoms. The molecule has 1 heterocycles. The molecule has 0 aromatic heterocycles. The summed E-state index contributed by atoms with van der Waals surface area (Å²) in [6, 6.07) is 14.4. The molecular weight excluding hydrogens is 342 g/mol. The summed E-state index contributed by atoms with van der Waals surface area (Å²) in [6.07, 6.45) is -0.246. The van der Waals surface area contributed by atoms with Crippen LogP contribution in [0.3, 0.4) is 0 Å². The number of para-hydroxylation sites is 2. The van der Waals surface area contributed by atoms with Crippen LogP contribution in [0.5, 0.6) is 17.2 Å². The van der Waals surface area contributed by atoms with Crippen LogP contribution in [0.15, 0.2) is 48.5 Å². The molecule has 0 aliphatic carbocycles. The van der Waals surface area contributed by atoms with Crippen molar-refractivity contribution in [2.24, 2.45) is 0 Å². The van der Waals surface area contributed by atoms with Gasteiger partial charge in [0.2, 0.25) is 0 Å². The summed E-state index contributed by atoms with van der Waals surface area (Å²) in [7, 11) is 0. The number of carbonyl (C=O) groups excluding carboxylic acids is 1. The van der Waals surface area contributed by atoms with E-state index in [1.165, 1.54) is 0 Å². The third-order valence-corrected chi connectivity index (χ3v) is 4.08. The fourth-order valence-electron chi connectivity index (χ4n) is 2.49. The summed E-state index contributed by atoms with van der Waals surface area (Å²) in [5.74, 6) is 1.84. The molecule has 1 N–H and O–H groups in total. The van der Waals surface area contributed by atoms with E-state index in [9.17, 15) is 4.79 Å². The number of fused-ring (bicyclic) bond motifs is 1. The topological polar surface area (TPSA) is 56.8 Å². The van der Waals surface area contributed by atoms with Crippen molar-refractivity contribution in [2.75, 3.05) is 13.2 Å². The van der Waals surface area contributed by atoms with Gasteiger partial charge in [0.05, 0.1) is 6.54 Å². The molecule has 1 aliphatic heterocycles. The lowest BCUT2D eigenvalue weighted by molar-refractivity contribution is -0.128. The number of halogens is 1. The van der Waals surface area contributed by atoms with Crippen molar-refractivity contribution in [1.29, 1.82) is 0 Å². The maximum Gasteiger partial charge on any atom is 0.261 e. The van der Waals surface area contributed by atoms with Crippen molar-refractivity contribution in [2.45, 2.75) is 25.6 Å². The zero-order valence-corrected chi connectivity index (χ0v) is 14.7. The molecule has 2 aromatic carbocycles. The highest BCUT2D eigenvalue weighted by Crippen LogP contribution is 2.30. The first-order chi connectivity index (χ1) is 12.2. The van der Waals surface area contributed by atoms with Gasteiger partial charge in [0, 0.05) is 5.02 Å². The fourth-order valence-corrected chi connectivity index (χ4v) is 2.62. The van der Waals surface area contributed by atoms with Crippen LogP contribution in [-0.4, -0.2) is 31.3 Å². The van der Waals surface area contributed by atoms with Gasteiger partial charge in [-0.2, -0.15) is 0 Å². The van der Waals surface area contributed by atoms with Crippen LogP contribution in [0.4, 0.5) is 0 Å². The Kier molecular flexibility index (Phi) is 5.66. The number of carbonyl (C=O) groups is 1. The number of nitrogens with one attached hydrogen (secondary N) is 1. The Balaban J connectivity index is 1.52. The highest BCUT2D eigenvalue weighted by molar-refractivity contribution is 6.30. The highest BCUT2D eigenvalue weighted by Gasteiger charge is 2.23. The molecule has 1 amide bonds. The molecule has 0 unspecified atom stereocenters. The largest absolute Gasteiger partial charge is 0.486 e. The summed E-state index contributed by atoms with van der Waals surface area (Å²) in [6.45, 7) is 2.65. The lowest BCUT2D eigenvalue weighted by Gasteiger charge is -2.27. The third kappa shape index (κ3) is 4.57. The van der Waals surface area contributed by atoms with E-state index in [0.717, 1.165) is 5.75 Å². The van der Waals surface area contributed by atoms with Gasteiger partial charge in [0.15, 0.2) is 17.6 Å². The Hall–Kier alpha value is -2.40. The summed E-state index contributed by atoms with van der Waals surface area (Å²) < 4.78 is 17.2. The molecule has 2 atom stereocenters. The van der Waals surface area contributed by atoms with Crippen molar-refractivity contribution in [3.63, 3.8) is 0 Å². The number of hydrogen-bond donors (Lipinski definition) is 1. The molecule has 0 saturated heterocycles. The van der Waals surface area contributed by atoms with E-state index < -0.39 is 6.10 Å². The van der Waals surface area contributed by atoms with E-state index in [0.29, 0.717) is 36.1 Å². The van der Waals surface area contributed by atoms with Gasteiger partial charge in [0.25, 0.3) is 5.91 Å². The molecule has 3 rings (SSSR count). The number of amides is 1. The molecule has 1 aliphatic rings. The minimum absolute atomic E-state index is 0.181. The Labute approximate surface area is 151 Å². The first-order valence-electron chi connectivity index (χ1n) is 8.24. The molecule has 2 aromatic rings. The molecule has 0 saturated carbocycles. The molecule has 5 nitrogen and oxygen atoms in total. The second kappa shape index (κ2) is 8.12. The second-order valence-electron chi connectivity index (χ2n) is 5.71. The molecule has 0 fully saturated rings. The maximum absolute atomic E-state index is 12.4. The molecule has 0 spiro atoms. The van der Waals surface area contributed by atoms with Gasteiger partial charge < -0.3 is 19.5 Å². The zero-order chi connectivity index (χ0) is 17.6. The predicted octanol–water partition coefficient (Wildman–Crippen LogP) is 3.45. The van der Waals surface area contributed by atoms with Crippen molar-refractivity contribution in [3.8, 4) is 17.2 Å². The van der Waals surface area contributed by atoms with Gasteiger partial charge in [-0.15, -0.1) is 0 Å². The molecule has 132 valence electrons. The van der Waals surface area contributed by atoms with Crippen LogP contribution < -0.4 is 19.5 Å². The normalized spacial score (nSPS) is 16.8. The van der Waals surface area contributed by atoms with Crippen LogP contribution in [-0.2, 0) is 4.79 Å². The quantitative estimate of drug-likeness (QED) is 0.856. The minimum atomic E-state index is -0.571. The Morgan fingerprint density at radius 1 is 1.24 bits per heavy atom. The van der Waals surface area contributed by atoms with Gasteiger partial charge in [-0.1, -0.05) is 30.7 Å². The smallest absolute Gasteiger partial charge is 0.261 e. The number of hydrogen-bond acceptors (Lipinski definition) is 4. The van der Waals surface area contributed by atoms with Crippen molar-refractivity contribution < 1.29 is 19.0 Å². The summed E-state index contributed by atoms with van der Waals surface area (Å²) in [5.41, 5.74) is 0. The molecule has 0 radical (unpaired) electrons. The lowest BCUT2D eigenvalue weighted by atomic mass is 10.2. The van der Waals surface area contributed by atoms with Crippen molar-refractivity contribution in [3.05, 3.63) is 53.6 Å². The van der Waals surface area contributed by atoms with Crippen LogP contribution in [0.2, 0.25) is 5.02 Å². The van der Waals surface area contributed by atoms with E-state index in [1.54, 1.807) is 24.3 Å². The van der Waals surface area contributed by atoms with E-state index in [1.807, 2.05) is 31.2 Å². The van der Waals surface area contributed by atoms with E-state index >= 15 is 0 Å². The van der Waals surface area contributed by atoms with Crippen molar-refractivity contribution in [1.82, 2.24) is 5.32 Å². The minimum Gasteiger partial charge on any atom is -0.486 e. The SMILES string of the molecule is CC[C@@H](Oc1ccc(Cl)cc1)C(=O)NC[C@@H]1COc2ccccc2O1. The number of benzene rings is 2. The van der Waals surface area contributed by atoms with Crippen LogP contribution >= 0.6 is 11.6 Å². The Bertz CT molecular complexity index is 720. The van der Waals surface area contributed by atoms with E-state index in [-0.39, 0.29) is 12.0 Å². The first kappa shape index (κ1) is 17.4. The summed E-state index contributed by atoms with van der Waals surface area (Å²) >= 11 is 5.86. The Morgan fingerprint density at radius 2 is 1.96 bits per heavy atom. The third-order valence-electron chi connectivity index (χ3n) is 3.83. The molecular formula is C19H20ClNO4. The summed E-state index contributed by atoms with van der Waals surface area (Å²) in [5, 5.41) is 3.50. The second-order valence-corrected chi connectivity index (χ2v) is 6.15. The van der Waals surface area contributed by atoms with Gasteiger partial charge in [-0.25, -0.2) is 0 Å². The maximum atomic E-state index is 12.4.